The number of aryl methyl sites for hydroxylation is 1. The Morgan fingerprint density at radius 3 is 2.26 bits per heavy atom. The Kier molecular flexibility index (Phi) is 6.32. The van der Waals surface area contributed by atoms with Gasteiger partial charge >= 0.3 is 0 Å². The number of carbonyl (C=O) groups is 1. The molecule has 0 bridgehead atoms. The van der Waals surface area contributed by atoms with Crippen molar-refractivity contribution in [2.75, 3.05) is 21.3 Å². The molecule has 0 atom stereocenters. The number of nitro groups is 1. The molecule has 0 saturated carbocycles. The first-order valence-electron chi connectivity index (χ1n) is 7.79. The number of amides is 1. The van der Waals surface area contributed by atoms with E-state index in [1.165, 1.54) is 45.7 Å². The van der Waals surface area contributed by atoms with Crippen molar-refractivity contribution >= 4 is 17.8 Å². The second kappa shape index (κ2) is 8.65. The zero-order valence-electron chi connectivity index (χ0n) is 15.3. The number of nitrogens with zero attached hydrogens (tertiary/aromatic N) is 2. The lowest BCUT2D eigenvalue weighted by molar-refractivity contribution is -0.385. The standard InChI is InChI=1S/C18H19N3O6/c1-11-5-6-13(9-14(11)21(23)24)18(22)20-19-10-12-7-15(25-2)17(27-4)16(8-12)26-3/h5-10H,1-4H3,(H,20,22)/b19-10-. The molecule has 9 heteroatoms. The molecule has 2 aromatic rings. The van der Waals surface area contributed by atoms with Crippen LogP contribution in [0, 0.1) is 17.0 Å². The number of nitro benzene ring substituents is 1. The minimum atomic E-state index is -0.568. The summed E-state index contributed by atoms with van der Waals surface area (Å²) in [5, 5.41) is 14.9. The van der Waals surface area contributed by atoms with Crippen LogP contribution in [-0.4, -0.2) is 38.4 Å². The third-order valence-electron chi connectivity index (χ3n) is 3.73. The summed E-state index contributed by atoms with van der Waals surface area (Å²) in [4.78, 5) is 22.6. The van der Waals surface area contributed by atoms with E-state index in [0.29, 0.717) is 28.4 Å². The number of hydrogen-bond donors (Lipinski definition) is 1. The molecule has 1 amide bonds. The first-order valence-corrected chi connectivity index (χ1v) is 7.79. The number of methoxy groups -OCH3 is 3. The first kappa shape index (κ1) is 19.7. The molecular formula is C18H19N3O6. The van der Waals surface area contributed by atoms with Gasteiger partial charge in [0.15, 0.2) is 11.5 Å². The number of hydrogen-bond acceptors (Lipinski definition) is 7. The minimum absolute atomic E-state index is 0.128. The van der Waals surface area contributed by atoms with E-state index < -0.39 is 10.8 Å². The normalized spacial score (nSPS) is 10.5. The quantitative estimate of drug-likeness (QED) is 0.454. The lowest BCUT2D eigenvalue weighted by Crippen LogP contribution is -2.17. The third kappa shape index (κ3) is 4.51. The summed E-state index contributed by atoms with van der Waals surface area (Å²) in [7, 11) is 4.48. The largest absolute Gasteiger partial charge is 0.493 e. The van der Waals surface area contributed by atoms with Crippen LogP contribution in [0.4, 0.5) is 5.69 Å². The summed E-state index contributed by atoms with van der Waals surface area (Å²) in [5.74, 6) is 0.757. The lowest BCUT2D eigenvalue weighted by Gasteiger charge is -2.12. The zero-order chi connectivity index (χ0) is 20.0. The smallest absolute Gasteiger partial charge is 0.273 e. The van der Waals surface area contributed by atoms with Crippen molar-refractivity contribution < 1.29 is 23.9 Å². The van der Waals surface area contributed by atoms with Gasteiger partial charge in [-0.2, -0.15) is 5.10 Å². The molecule has 0 aliphatic heterocycles. The molecule has 0 heterocycles. The molecule has 0 radical (unpaired) electrons. The van der Waals surface area contributed by atoms with E-state index in [4.69, 9.17) is 14.2 Å². The number of hydrazone groups is 1. The van der Waals surface area contributed by atoms with Gasteiger partial charge in [0.25, 0.3) is 11.6 Å². The third-order valence-corrected chi connectivity index (χ3v) is 3.73. The molecule has 0 fully saturated rings. The van der Waals surface area contributed by atoms with Crippen molar-refractivity contribution in [3.8, 4) is 17.2 Å². The predicted molar refractivity (Wildman–Crippen MR) is 99.0 cm³/mol. The van der Waals surface area contributed by atoms with Gasteiger partial charge in [-0.1, -0.05) is 6.07 Å². The lowest BCUT2D eigenvalue weighted by atomic mass is 10.1. The molecule has 2 aromatic carbocycles. The van der Waals surface area contributed by atoms with E-state index in [2.05, 4.69) is 10.5 Å². The fourth-order valence-electron chi connectivity index (χ4n) is 2.35. The van der Waals surface area contributed by atoms with Crippen molar-refractivity contribution in [3.05, 3.63) is 57.1 Å². The summed E-state index contributed by atoms with van der Waals surface area (Å²) in [6.07, 6.45) is 1.39. The molecule has 0 spiro atoms. The molecule has 2 rings (SSSR count). The Morgan fingerprint density at radius 2 is 1.74 bits per heavy atom. The van der Waals surface area contributed by atoms with Gasteiger partial charge in [-0.25, -0.2) is 5.43 Å². The van der Waals surface area contributed by atoms with E-state index in [1.54, 1.807) is 19.1 Å². The van der Waals surface area contributed by atoms with Gasteiger partial charge in [-0.05, 0) is 25.1 Å². The Bertz CT molecular complexity index is 870. The molecule has 0 unspecified atom stereocenters. The van der Waals surface area contributed by atoms with Gasteiger partial charge in [0.2, 0.25) is 5.75 Å². The van der Waals surface area contributed by atoms with Crippen LogP contribution in [0.1, 0.15) is 21.5 Å². The van der Waals surface area contributed by atoms with Gasteiger partial charge in [-0.15, -0.1) is 0 Å². The maximum atomic E-state index is 12.2. The number of rotatable bonds is 7. The van der Waals surface area contributed by atoms with E-state index in [1.807, 2.05) is 0 Å². The monoisotopic (exact) mass is 373 g/mol. The fourth-order valence-corrected chi connectivity index (χ4v) is 2.35. The van der Waals surface area contributed by atoms with Crippen molar-refractivity contribution in [2.45, 2.75) is 6.92 Å². The van der Waals surface area contributed by atoms with Crippen molar-refractivity contribution in [1.82, 2.24) is 5.43 Å². The molecule has 0 aromatic heterocycles. The van der Waals surface area contributed by atoms with Crippen LogP contribution < -0.4 is 19.6 Å². The van der Waals surface area contributed by atoms with Crippen LogP contribution in [-0.2, 0) is 0 Å². The highest BCUT2D eigenvalue weighted by molar-refractivity contribution is 5.95. The topological polar surface area (TPSA) is 112 Å². The second-order valence-electron chi connectivity index (χ2n) is 5.42. The van der Waals surface area contributed by atoms with Crippen LogP contribution in [0.15, 0.2) is 35.4 Å². The molecular weight excluding hydrogens is 354 g/mol. The van der Waals surface area contributed by atoms with Gasteiger partial charge in [0.05, 0.1) is 32.5 Å². The zero-order valence-corrected chi connectivity index (χ0v) is 15.3. The Morgan fingerprint density at radius 1 is 1.11 bits per heavy atom. The number of carbonyl (C=O) groups excluding carboxylic acids is 1. The highest BCUT2D eigenvalue weighted by Gasteiger charge is 2.15. The van der Waals surface area contributed by atoms with Crippen LogP contribution >= 0.6 is 0 Å². The van der Waals surface area contributed by atoms with E-state index in [-0.39, 0.29) is 11.3 Å². The molecule has 9 nitrogen and oxygen atoms in total. The average molecular weight is 373 g/mol. The van der Waals surface area contributed by atoms with Gasteiger partial charge in [0.1, 0.15) is 0 Å². The van der Waals surface area contributed by atoms with Crippen molar-refractivity contribution in [3.63, 3.8) is 0 Å². The Hall–Kier alpha value is -3.62. The van der Waals surface area contributed by atoms with Crippen LogP contribution in [0.2, 0.25) is 0 Å². The number of benzene rings is 2. The summed E-state index contributed by atoms with van der Waals surface area (Å²) in [5.41, 5.74) is 3.40. The van der Waals surface area contributed by atoms with E-state index in [9.17, 15) is 14.9 Å². The first-order chi connectivity index (χ1) is 12.9. The van der Waals surface area contributed by atoms with Gasteiger partial charge < -0.3 is 14.2 Å². The van der Waals surface area contributed by atoms with Crippen LogP contribution in [0.3, 0.4) is 0 Å². The summed E-state index contributed by atoms with van der Waals surface area (Å²) < 4.78 is 15.7. The van der Waals surface area contributed by atoms with Gasteiger partial charge in [0, 0.05) is 22.8 Å². The van der Waals surface area contributed by atoms with E-state index >= 15 is 0 Å². The Labute approximate surface area is 155 Å². The molecule has 0 aliphatic carbocycles. The Balaban J connectivity index is 2.19. The minimum Gasteiger partial charge on any atom is -0.493 e. The van der Waals surface area contributed by atoms with Crippen molar-refractivity contribution in [2.24, 2.45) is 5.10 Å². The fraction of sp³-hybridized carbons (Fsp3) is 0.222. The van der Waals surface area contributed by atoms with Gasteiger partial charge in [-0.3, -0.25) is 14.9 Å². The molecule has 142 valence electrons. The van der Waals surface area contributed by atoms with Crippen LogP contribution in [0.25, 0.3) is 0 Å². The summed E-state index contributed by atoms with van der Waals surface area (Å²) in [6, 6.07) is 7.53. The predicted octanol–water partition coefficient (Wildman–Crippen LogP) is 2.69. The van der Waals surface area contributed by atoms with E-state index in [0.717, 1.165) is 0 Å². The maximum Gasteiger partial charge on any atom is 0.273 e. The van der Waals surface area contributed by atoms with Crippen molar-refractivity contribution in [1.29, 1.82) is 0 Å². The van der Waals surface area contributed by atoms with Crippen LogP contribution in [0.5, 0.6) is 17.2 Å². The summed E-state index contributed by atoms with van der Waals surface area (Å²) in [6.45, 7) is 1.60. The maximum absolute atomic E-state index is 12.2. The highest BCUT2D eigenvalue weighted by atomic mass is 16.6. The number of ether oxygens (including phenoxy) is 3. The highest BCUT2D eigenvalue weighted by Crippen LogP contribution is 2.37. The summed E-state index contributed by atoms with van der Waals surface area (Å²) >= 11 is 0. The molecule has 0 aliphatic rings. The number of nitrogens with one attached hydrogen (secondary N) is 1. The second-order valence-corrected chi connectivity index (χ2v) is 5.42. The SMILES string of the molecule is COc1cc(/C=N\NC(=O)c2ccc(C)c([N+](=O)[O-])c2)cc(OC)c1OC. The molecule has 0 saturated heterocycles. The average Bonchev–Trinajstić information content (AvgIpc) is 2.66. The molecule has 27 heavy (non-hydrogen) atoms. The molecule has 1 N–H and O–H groups in total.